The minimum atomic E-state index is -3.54. The summed E-state index contributed by atoms with van der Waals surface area (Å²) < 4.78 is 27.1. The lowest BCUT2D eigenvalue weighted by Crippen LogP contribution is -2.41. The van der Waals surface area contributed by atoms with E-state index in [0.29, 0.717) is 17.3 Å². The summed E-state index contributed by atoms with van der Waals surface area (Å²) in [6, 6.07) is 1.69. The van der Waals surface area contributed by atoms with Crippen LogP contribution in [0.5, 0.6) is 0 Å². The Labute approximate surface area is 114 Å². The third kappa shape index (κ3) is 3.75. The van der Waals surface area contributed by atoms with Gasteiger partial charge in [0.1, 0.15) is 4.21 Å². The molecule has 0 aromatic carbocycles. The lowest BCUT2D eigenvalue weighted by molar-refractivity contribution is 0.0377. The first-order chi connectivity index (χ1) is 7.84. The van der Waals surface area contributed by atoms with Gasteiger partial charge in [-0.25, -0.2) is 13.1 Å². The number of sulfonamides is 1. The van der Waals surface area contributed by atoms with Gasteiger partial charge < -0.3 is 5.11 Å². The largest absolute Gasteiger partial charge is 0.389 e. The van der Waals surface area contributed by atoms with Crippen LogP contribution < -0.4 is 4.72 Å². The molecule has 98 valence electrons. The van der Waals surface area contributed by atoms with Crippen molar-refractivity contribution in [3.8, 4) is 0 Å². The van der Waals surface area contributed by atoms with E-state index in [9.17, 15) is 13.5 Å². The van der Waals surface area contributed by atoms with E-state index in [-0.39, 0.29) is 10.8 Å². The molecule has 1 heterocycles. The molecular formula is C10H16BrNO3S2. The van der Waals surface area contributed by atoms with Gasteiger partial charge >= 0.3 is 0 Å². The first-order valence-corrected chi connectivity index (χ1v) is 8.45. The van der Waals surface area contributed by atoms with Gasteiger partial charge in [0.15, 0.2) is 0 Å². The smallest absolute Gasteiger partial charge is 0.251 e. The van der Waals surface area contributed by atoms with Crippen LogP contribution in [-0.2, 0) is 10.0 Å². The van der Waals surface area contributed by atoms with Gasteiger partial charge in [-0.15, -0.1) is 11.3 Å². The predicted molar refractivity (Wildman–Crippen MR) is 72.7 cm³/mol. The van der Waals surface area contributed by atoms with Crippen molar-refractivity contribution in [1.82, 2.24) is 4.72 Å². The molecule has 17 heavy (non-hydrogen) atoms. The van der Waals surface area contributed by atoms with E-state index >= 15 is 0 Å². The second-order valence-electron chi connectivity index (χ2n) is 3.81. The molecule has 0 atom stereocenters. The molecule has 0 amide bonds. The van der Waals surface area contributed by atoms with Crippen LogP contribution in [-0.4, -0.2) is 25.7 Å². The highest BCUT2D eigenvalue weighted by molar-refractivity contribution is 9.10. The molecule has 0 aliphatic rings. The summed E-state index contributed by atoms with van der Waals surface area (Å²) in [5, 5.41) is 11.7. The van der Waals surface area contributed by atoms with E-state index in [1.54, 1.807) is 11.4 Å². The van der Waals surface area contributed by atoms with E-state index in [0.717, 1.165) is 11.3 Å². The first kappa shape index (κ1) is 15.1. The number of nitrogens with one attached hydrogen (secondary N) is 1. The van der Waals surface area contributed by atoms with Crippen molar-refractivity contribution in [2.24, 2.45) is 0 Å². The zero-order chi connectivity index (χ0) is 13.1. The molecule has 0 saturated carbocycles. The van der Waals surface area contributed by atoms with Gasteiger partial charge in [0, 0.05) is 11.0 Å². The zero-order valence-electron chi connectivity index (χ0n) is 9.73. The molecule has 1 aromatic heterocycles. The molecular weight excluding hydrogens is 326 g/mol. The predicted octanol–water partition coefficient (Wildman–Crippen LogP) is 2.34. The molecule has 0 aliphatic carbocycles. The van der Waals surface area contributed by atoms with Crippen LogP contribution in [0.25, 0.3) is 0 Å². The van der Waals surface area contributed by atoms with E-state index in [1.165, 1.54) is 0 Å². The van der Waals surface area contributed by atoms with Crippen LogP contribution in [0.3, 0.4) is 0 Å². The fourth-order valence-electron chi connectivity index (χ4n) is 1.27. The number of aliphatic hydroxyl groups is 1. The van der Waals surface area contributed by atoms with Crippen LogP contribution >= 0.6 is 27.3 Å². The number of rotatable bonds is 6. The van der Waals surface area contributed by atoms with Crippen LogP contribution in [0.15, 0.2) is 20.1 Å². The normalized spacial score (nSPS) is 12.9. The van der Waals surface area contributed by atoms with Crippen LogP contribution in [0.2, 0.25) is 0 Å². The molecule has 0 unspecified atom stereocenters. The SMILES string of the molecule is CCC(O)(CC)CNS(=O)(=O)c1sccc1Br. The summed E-state index contributed by atoms with van der Waals surface area (Å²) >= 11 is 4.33. The zero-order valence-corrected chi connectivity index (χ0v) is 13.0. The first-order valence-electron chi connectivity index (χ1n) is 5.29. The molecule has 0 spiro atoms. The highest BCUT2D eigenvalue weighted by Crippen LogP contribution is 2.27. The van der Waals surface area contributed by atoms with Gasteiger partial charge in [-0.3, -0.25) is 0 Å². The number of hydrogen-bond donors (Lipinski definition) is 2. The Morgan fingerprint density at radius 2 is 2.06 bits per heavy atom. The maximum Gasteiger partial charge on any atom is 0.251 e. The van der Waals surface area contributed by atoms with Crippen LogP contribution in [0.4, 0.5) is 0 Å². The lowest BCUT2D eigenvalue weighted by atomic mass is 9.98. The number of hydrogen-bond acceptors (Lipinski definition) is 4. The van der Waals surface area contributed by atoms with Crippen molar-refractivity contribution < 1.29 is 13.5 Å². The molecule has 0 aliphatic heterocycles. The Morgan fingerprint density at radius 1 is 1.47 bits per heavy atom. The monoisotopic (exact) mass is 341 g/mol. The topological polar surface area (TPSA) is 66.4 Å². The fourth-order valence-corrected chi connectivity index (χ4v) is 4.77. The van der Waals surface area contributed by atoms with Gasteiger partial charge in [-0.05, 0) is 40.2 Å². The molecule has 1 rings (SSSR count). The fraction of sp³-hybridized carbons (Fsp3) is 0.600. The third-order valence-corrected chi connectivity index (χ3v) is 6.81. The summed E-state index contributed by atoms with van der Waals surface area (Å²) in [6.07, 6.45) is 1.02. The molecule has 0 radical (unpaired) electrons. The molecule has 0 saturated heterocycles. The Kier molecular flexibility index (Phi) is 5.15. The quantitative estimate of drug-likeness (QED) is 0.834. The van der Waals surface area contributed by atoms with Crippen LogP contribution in [0.1, 0.15) is 26.7 Å². The maximum absolute atomic E-state index is 12.0. The number of thiophene rings is 1. The van der Waals surface area contributed by atoms with Gasteiger partial charge in [-0.2, -0.15) is 0 Å². The second kappa shape index (κ2) is 5.79. The van der Waals surface area contributed by atoms with Gasteiger partial charge in [0.25, 0.3) is 10.0 Å². The van der Waals surface area contributed by atoms with Crippen LogP contribution in [0, 0.1) is 0 Å². The van der Waals surface area contributed by atoms with Gasteiger partial charge in [-0.1, -0.05) is 13.8 Å². The molecule has 0 bridgehead atoms. The molecule has 2 N–H and O–H groups in total. The second-order valence-corrected chi connectivity index (χ2v) is 7.54. The minimum absolute atomic E-state index is 0.0344. The highest BCUT2D eigenvalue weighted by atomic mass is 79.9. The Balaban J connectivity index is 2.79. The van der Waals surface area contributed by atoms with Crippen molar-refractivity contribution >= 4 is 37.3 Å². The Bertz CT molecular complexity index is 466. The average Bonchev–Trinajstić information content (AvgIpc) is 2.73. The summed E-state index contributed by atoms with van der Waals surface area (Å²) in [4.78, 5) is 0. The van der Waals surface area contributed by atoms with Gasteiger partial charge in [0.2, 0.25) is 0 Å². The lowest BCUT2D eigenvalue weighted by Gasteiger charge is -2.25. The maximum atomic E-state index is 12.0. The Hall–Kier alpha value is 0.0500. The summed E-state index contributed by atoms with van der Waals surface area (Å²) in [5.74, 6) is 0. The summed E-state index contributed by atoms with van der Waals surface area (Å²) in [6.45, 7) is 3.70. The average molecular weight is 342 g/mol. The van der Waals surface area contributed by atoms with Gasteiger partial charge in [0.05, 0.1) is 5.60 Å². The molecule has 1 aromatic rings. The summed E-state index contributed by atoms with van der Waals surface area (Å²) in [7, 11) is -3.54. The number of halogens is 1. The van der Waals surface area contributed by atoms with Crippen molar-refractivity contribution in [1.29, 1.82) is 0 Å². The van der Waals surface area contributed by atoms with E-state index < -0.39 is 15.6 Å². The van der Waals surface area contributed by atoms with Crippen molar-refractivity contribution in [3.05, 3.63) is 15.9 Å². The van der Waals surface area contributed by atoms with Crippen molar-refractivity contribution in [2.75, 3.05) is 6.54 Å². The molecule has 7 heteroatoms. The third-order valence-electron chi connectivity index (χ3n) is 2.74. The van der Waals surface area contributed by atoms with E-state index in [4.69, 9.17) is 0 Å². The van der Waals surface area contributed by atoms with E-state index in [2.05, 4.69) is 20.7 Å². The minimum Gasteiger partial charge on any atom is -0.389 e. The summed E-state index contributed by atoms with van der Waals surface area (Å²) in [5.41, 5.74) is -0.975. The van der Waals surface area contributed by atoms with E-state index in [1.807, 2.05) is 13.8 Å². The Morgan fingerprint density at radius 3 is 2.47 bits per heavy atom. The van der Waals surface area contributed by atoms with Crippen molar-refractivity contribution in [2.45, 2.75) is 36.5 Å². The highest BCUT2D eigenvalue weighted by Gasteiger charge is 2.26. The molecule has 0 fully saturated rings. The molecule has 4 nitrogen and oxygen atoms in total. The van der Waals surface area contributed by atoms with Crippen molar-refractivity contribution in [3.63, 3.8) is 0 Å². The standard InChI is InChI=1S/C10H16BrNO3S2/c1-3-10(13,4-2)7-12-17(14,15)9-8(11)5-6-16-9/h5-6,12-13H,3-4,7H2,1-2H3.